The Bertz CT molecular complexity index is 600. The van der Waals surface area contributed by atoms with Crippen molar-refractivity contribution in [1.82, 2.24) is 4.31 Å². The molecule has 0 fully saturated rings. The fraction of sp³-hybridized carbons (Fsp3) is 0.417. The number of rotatable bonds is 5. The Morgan fingerprint density at radius 2 is 2.10 bits per heavy atom. The Kier molecular flexibility index (Phi) is 5.09. The molecule has 0 aromatic heterocycles. The van der Waals surface area contributed by atoms with Crippen molar-refractivity contribution in [3.63, 3.8) is 0 Å². The van der Waals surface area contributed by atoms with Crippen molar-refractivity contribution in [3.05, 3.63) is 23.8 Å². The molecule has 0 aliphatic carbocycles. The standard InChI is InChI=1S/C12H18N2O5S/c1-8(7-15)14(2)20(17,18)11-6-9(13)4-5-10(11)12(16)19-3/h4-6,8,15H,7,13H2,1-3H3. The highest BCUT2D eigenvalue weighted by Gasteiger charge is 2.29. The first-order valence-electron chi connectivity index (χ1n) is 5.82. The summed E-state index contributed by atoms with van der Waals surface area (Å²) in [7, 11) is -1.48. The van der Waals surface area contributed by atoms with Crippen LogP contribution in [0.4, 0.5) is 5.69 Å². The number of carbonyl (C=O) groups excluding carboxylic acids is 1. The molecule has 1 aromatic rings. The molecule has 0 spiro atoms. The molecule has 0 saturated carbocycles. The topological polar surface area (TPSA) is 110 Å². The molecule has 1 unspecified atom stereocenters. The predicted octanol–water partition coefficient (Wildman–Crippen LogP) is 0.0567. The summed E-state index contributed by atoms with van der Waals surface area (Å²) >= 11 is 0. The van der Waals surface area contributed by atoms with E-state index in [0.717, 1.165) is 11.4 Å². The fourth-order valence-electron chi connectivity index (χ4n) is 1.54. The number of carbonyl (C=O) groups is 1. The van der Waals surface area contributed by atoms with Gasteiger partial charge in [-0.05, 0) is 25.1 Å². The van der Waals surface area contributed by atoms with Gasteiger partial charge in [0.05, 0.1) is 24.2 Å². The molecule has 20 heavy (non-hydrogen) atoms. The summed E-state index contributed by atoms with van der Waals surface area (Å²) in [5.74, 6) is -0.770. The second-order valence-electron chi connectivity index (χ2n) is 4.30. The van der Waals surface area contributed by atoms with Gasteiger partial charge in [-0.15, -0.1) is 0 Å². The molecule has 0 saturated heterocycles. The third kappa shape index (κ3) is 3.09. The van der Waals surface area contributed by atoms with Crippen LogP contribution in [0.25, 0.3) is 0 Å². The van der Waals surface area contributed by atoms with Crippen molar-refractivity contribution < 1.29 is 23.1 Å². The first-order valence-corrected chi connectivity index (χ1v) is 7.26. The number of sulfonamides is 1. The van der Waals surface area contributed by atoms with E-state index in [1.807, 2.05) is 0 Å². The number of hydrogen-bond donors (Lipinski definition) is 2. The van der Waals surface area contributed by atoms with E-state index in [1.165, 1.54) is 25.2 Å². The summed E-state index contributed by atoms with van der Waals surface area (Å²) < 4.78 is 30.5. The lowest BCUT2D eigenvalue weighted by atomic mass is 10.2. The SMILES string of the molecule is COC(=O)c1ccc(N)cc1S(=O)(=O)N(C)C(C)CO. The number of likely N-dealkylation sites (N-methyl/N-ethyl adjacent to an activating group) is 1. The van der Waals surface area contributed by atoms with Gasteiger partial charge in [-0.3, -0.25) is 0 Å². The normalized spacial score (nSPS) is 13.2. The summed E-state index contributed by atoms with van der Waals surface area (Å²) in [6.45, 7) is 1.20. The number of methoxy groups -OCH3 is 1. The number of hydrogen-bond acceptors (Lipinski definition) is 6. The van der Waals surface area contributed by atoms with E-state index < -0.39 is 22.0 Å². The van der Waals surface area contributed by atoms with Crippen molar-refractivity contribution >= 4 is 21.7 Å². The third-order valence-electron chi connectivity index (χ3n) is 2.95. The molecule has 0 aliphatic rings. The summed E-state index contributed by atoms with van der Waals surface area (Å²) in [5.41, 5.74) is 5.70. The lowest BCUT2D eigenvalue weighted by molar-refractivity contribution is 0.0596. The van der Waals surface area contributed by atoms with Crippen LogP contribution in [-0.4, -0.2) is 50.6 Å². The van der Waals surface area contributed by atoms with Gasteiger partial charge in [-0.1, -0.05) is 0 Å². The monoisotopic (exact) mass is 302 g/mol. The van der Waals surface area contributed by atoms with Crippen LogP contribution < -0.4 is 5.73 Å². The van der Waals surface area contributed by atoms with Crippen LogP contribution in [0, 0.1) is 0 Å². The van der Waals surface area contributed by atoms with Crippen molar-refractivity contribution in [2.75, 3.05) is 26.5 Å². The van der Waals surface area contributed by atoms with Gasteiger partial charge in [0, 0.05) is 18.8 Å². The molecule has 8 heteroatoms. The lowest BCUT2D eigenvalue weighted by Crippen LogP contribution is -2.38. The largest absolute Gasteiger partial charge is 0.465 e. The highest BCUT2D eigenvalue weighted by molar-refractivity contribution is 7.89. The van der Waals surface area contributed by atoms with E-state index in [2.05, 4.69) is 4.74 Å². The van der Waals surface area contributed by atoms with E-state index in [1.54, 1.807) is 6.92 Å². The Hall–Kier alpha value is -1.64. The zero-order valence-electron chi connectivity index (χ0n) is 11.5. The second kappa shape index (κ2) is 6.21. The minimum atomic E-state index is -3.97. The average molecular weight is 302 g/mol. The number of nitrogen functional groups attached to an aromatic ring is 1. The van der Waals surface area contributed by atoms with Crippen molar-refractivity contribution in [2.24, 2.45) is 0 Å². The van der Waals surface area contributed by atoms with Crippen LogP contribution in [0.1, 0.15) is 17.3 Å². The molecule has 0 heterocycles. The number of aliphatic hydroxyl groups is 1. The number of aliphatic hydroxyl groups excluding tert-OH is 1. The highest BCUT2D eigenvalue weighted by Crippen LogP contribution is 2.24. The van der Waals surface area contributed by atoms with E-state index in [0.29, 0.717) is 0 Å². The maximum Gasteiger partial charge on any atom is 0.339 e. The minimum Gasteiger partial charge on any atom is -0.465 e. The van der Waals surface area contributed by atoms with Crippen LogP contribution in [0.15, 0.2) is 23.1 Å². The molecule has 1 atom stereocenters. The van der Waals surface area contributed by atoms with Gasteiger partial charge in [-0.2, -0.15) is 4.31 Å². The maximum atomic E-state index is 12.5. The first-order chi connectivity index (χ1) is 9.25. The van der Waals surface area contributed by atoms with Gasteiger partial charge in [-0.25, -0.2) is 13.2 Å². The zero-order valence-corrected chi connectivity index (χ0v) is 12.3. The molecule has 0 bridgehead atoms. The third-order valence-corrected chi connectivity index (χ3v) is 4.96. The van der Waals surface area contributed by atoms with Crippen LogP contribution in [0.2, 0.25) is 0 Å². The van der Waals surface area contributed by atoms with Crippen LogP contribution in [0.5, 0.6) is 0 Å². The Balaban J connectivity index is 3.44. The van der Waals surface area contributed by atoms with Gasteiger partial charge in [0.2, 0.25) is 10.0 Å². The summed E-state index contributed by atoms with van der Waals surface area (Å²) in [4.78, 5) is 11.4. The van der Waals surface area contributed by atoms with Crippen molar-refractivity contribution in [1.29, 1.82) is 0 Å². The molecule has 0 aliphatic heterocycles. The van der Waals surface area contributed by atoms with E-state index >= 15 is 0 Å². The molecular formula is C12H18N2O5S. The molecule has 0 radical (unpaired) electrons. The van der Waals surface area contributed by atoms with Gasteiger partial charge < -0.3 is 15.6 Å². The number of benzene rings is 1. The number of anilines is 1. The predicted molar refractivity (Wildman–Crippen MR) is 73.7 cm³/mol. The zero-order chi connectivity index (χ0) is 15.5. The highest BCUT2D eigenvalue weighted by atomic mass is 32.2. The second-order valence-corrected chi connectivity index (χ2v) is 6.27. The Morgan fingerprint density at radius 3 is 2.60 bits per heavy atom. The number of nitrogens with two attached hydrogens (primary N) is 1. The van der Waals surface area contributed by atoms with Gasteiger partial charge in [0.25, 0.3) is 0 Å². The Morgan fingerprint density at radius 1 is 1.50 bits per heavy atom. The van der Waals surface area contributed by atoms with E-state index in [-0.39, 0.29) is 22.8 Å². The van der Waals surface area contributed by atoms with E-state index in [4.69, 9.17) is 10.8 Å². The van der Waals surface area contributed by atoms with Crippen LogP contribution in [-0.2, 0) is 14.8 Å². The molecule has 0 amide bonds. The van der Waals surface area contributed by atoms with Crippen LogP contribution >= 0.6 is 0 Å². The lowest BCUT2D eigenvalue weighted by Gasteiger charge is -2.23. The average Bonchev–Trinajstić information content (AvgIpc) is 2.44. The molecule has 1 aromatic carbocycles. The summed E-state index contributed by atoms with van der Waals surface area (Å²) in [6.07, 6.45) is 0. The Labute approximate surface area is 118 Å². The van der Waals surface area contributed by atoms with Gasteiger partial charge in [0.1, 0.15) is 0 Å². The smallest absolute Gasteiger partial charge is 0.339 e. The maximum absolute atomic E-state index is 12.5. The quantitative estimate of drug-likeness (QED) is 0.588. The van der Waals surface area contributed by atoms with Gasteiger partial charge in [0.15, 0.2) is 0 Å². The molecule has 7 nitrogen and oxygen atoms in total. The summed E-state index contributed by atoms with van der Waals surface area (Å²) in [6, 6.07) is 3.28. The fourth-order valence-corrected chi connectivity index (χ4v) is 3.10. The van der Waals surface area contributed by atoms with Crippen molar-refractivity contribution in [3.8, 4) is 0 Å². The molecule has 3 N–H and O–H groups in total. The molecule has 112 valence electrons. The minimum absolute atomic E-state index is 0.0984. The molecular weight excluding hydrogens is 284 g/mol. The van der Waals surface area contributed by atoms with Gasteiger partial charge >= 0.3 is 5.97 Å². The number of esters is 1. The van der Waals surface area contributed by atoms with Crippen LogP contribution in [0.3, 0.4) is 0 Å². The first kappa shape index (κ1) is 16.4. The number of nitrogens with zero attached hydrogens (tertiary/aromatic N) is 1. The molecule has 1 rings (SSSR count). The number of ether oxygens (including phenoxy) is 1. The summed E-state index contributed by atoms with van der Waals surface area (Å²) in [5, 5.41) is 9.07. The van der Waals surface area contributed by atoms with E-state index in [9.17, 15) is 13.2 Å². The van der Waals surface area contributed by atoms with Crippen molar-refractivity contribution in [2.45, 2.75) is 17.9 Å².